The van der Waals surface area contributed by atoms with Gasteiger partial charge < -0.3 is 15.1 Å². The summed E-state index contributed by atoms with van der Waals surface area (Å²) in [5.41, 5.74) is 6.69. The number of furan rings is 1. The quantitative estimate of drug-likeness (QED) is 0.865. The lowest BCUT2D eigenvalue weighted by Gasteiger charge is -2.18. The van der Waals surface area contributed by atoms with Gasteiger partial charge >= 0.3 is 0 Å². The van der Waals surface area contributed by atoms with Crippen molar-refractivity contribution in [2.45, 2.75) is 6.54 Å². The molecule has 2 aromatic rings. The van der Waals surface area contributed by atoms with E-state index in [4.69, 9.17) is 15.4 Å². The number of pyridine rings is 1. The van der Waals surface area contributed by atoms with Crippen LogP contribution in [0.25, 0.3) is 0 Å². The lowest BCUT2D eigenvalue weighted by atomic mass is 10.2. The summed E-state index contributed by atoms with van der Waals surface area (Å²) in [7, 11) is 1.85. The molecule has 0 aliphatic rings. The van der Waals surface area contributed by atoms with E-state index in [1.807, 2.05) is 30.1 Å². The zero-order chi connectivity index (χ0) is 12.3. The van der Waals surface area contributed by atoms with Crippen molar-refractivity contribution >= 4 is 11.5 Å². The molecule has 0 radical (unpaired) electrons. The van der Waals surface area contributed by atoms with Crippen LogP contribution in [0.1, 0.15) is 11.3 Å². The minimum atomic E-state index is 0.393. The summed E-state index contributed by atoms with van der Waals surface area (Å²) < 4.78 is 5.25. The average Bonchev–Trinajstić information content (AvgIpc) is 2.82. The molecule has 2 N–H and O–H groups in total. The third kappa shape index (κ3) is 2.21. The van der Waals surface area contributed by atoms with E-state index in [0.29, 0.717) is 23.6 Å². The van der Waals surface area contributed by atoms with Crippen molar-refractivity contribution in [1.82, 2.24) is 4.98 Å². The molecular weight excluding hydrogens is 216 g/mol. The van der Waals surface area contributed by atoms with Gasteiger partial charge in [0.15, 0.2) is 5.82 Å². The van der Waals surface area contributed by atoms with E-state index in [2.05, 4.69) is 4.98 Å². The molecule has 0 aliphatic heterocycles. The molecule has 86 valence electrons. The number of anilines is 2. The normalized spacial score (nSPS) is 9.88. The highest BCUT2D eigenvalue weighted by Gasteiger charge is 2.11. The summed E-state index contributed by atoms with van der Waals surface area (Å²) in [4.78, 5) is 6.02. The summed E-state index contributed by atoms with van der Waals surface area (Å²) in [6.07, 6.45) is 3.19. The minimum absolute atomic E-state index is 0.393. The molecule has 0 fully saturated rings. The van der Waals surface area contributed by atoms with Gasteiger partial charge in [0.25, 0.3) is 0 Å². The molecule has 5 nitrogen and oxygen atoms in total. The molecule has 17 heavy (non-hydrogen) atoms. The Morgan fingerprint density at radius 3 is 3.00 bits per heavy atom. The second kappa shape index (κ2) is 4.58. The molecule has 2 heterocycles. The molecule has 2 rings (SSSR count). The SMILES string of the molecule is CN(Cc1ccco1)c1nccc(C#N)c1N. The highest BCUT2D eigenvalue weighted by atomic mass is 16.3. The van der Waals surface area contributed by atoms with E-state index in [0.717, 1.165) is 5.76 Å². The Morgan fingerprint density at radius 2 is 2.35 bits per heavy atom. The highest BCUT2D eigenvalue weighted by molar-refractivity contribution is 5.69. The average molecular weight is 228 g/mol. The summed E-state index contributed by atoms with van der Waals surface area (Å²) in [5.74, 6) is 1.40. The number of rotatable bonds is 3. The first-order valence-corrected chi connectivity index (χ1v) is 5.10. The number of nitrogens with zero attached hydrogens (tertiary/aromatic N) is 3. The van der Waals surface area contributed by atoms with Crippen molar-refractivity contribution in [3.05, 3.63) is 42.0 Å². The Labute approximate surface area is 99.1 Å². The fourth-order valence-corrected chi connectivity index (χ4v) is 1.58. The molecule has 0 aliphatic carbocycles. The van der Waals surface area contributed by atoms with Crippen LogP contribution in [0.4, 0.5) is 11.5 Å². The van der Waals surface area contributed by atoms with Gasteiger partial charge in [0.1, 0.15) is 11.8 Å². The van der Waals surface area contributed by atoms with Gasteiger partial charge in [-0.05, 0) is 18.2 Å². The maximum absolute atomic E-state index is 8.89. The Morgan fingerprint density at radius 1 is 1.53 bits per heavy atom. The largest absolute Gasteiger partial charge is 0.467 e. The highest BCUT2D eigenvalue weighted by Crippen LogP contribution is 2.23. The zero-order valence-electron chi connectivity index (χ0n) is 9.42. The Bertz CT molecular complexity index is 542. The van der Waals surface area contributed by atoms with E-state index in [1.165, 1.54) is 0 Å². The zero-order valence-corrected chi connectivity index (χ0v) is 9.42. The number of hydrogen-bond donors (Lipinski definition) is 1. The van der Waals surface area contributed by atoms with Crippen molar-refractivity contribution < 1.29 is 4.42 Å². The molecule has 0 atom stereocenters. The van der Waals surface area contributed by atoms with Gasteiger partial charge in [-0.3, -0.25) is 0 Å². The van der Waals surface area contributed by atoms with Gasteiger partial charge in [0.05, 0.1) is 24.1 Å². The molecular formula is C12H12N4O. The Kier molecular flexibility index (Phi) is 2.97. The summed E-state index contributed by atoms with van der Waals surface area (Å²) in [6.45, 7) is 0.555. The van der Waals surface area contributed by atoms with Crippen LogP contribution in [-0.4, -0.2) is 12.0 Å². The molecule has 0 amide bonds. The molecule has 0 saturated carbocycles. The van der Waals surface area contributed by atoms with Crippen LogP contribution in [0.2, 0.25) is 0 Å². The summed E-state index contributed by atoms with van der Waals surface area (Å²) in [5, 5.41) is 8.89. The smallest absolute Gasteiger partial charge is 0.153 e. The monoisotopic (exact) mass is 228 g/mol. The van der Waals surface area contributed by atoms with Crippen molar-refractivity contribution in [1.29, 1.82) is 5.26 Å². The molecule has 0 bridgehead atoms. The van der Waals surface area contributed by atoms with Gasteiger partial charge in [-0.25, -0.2) is 4.98 Å². The van der Waals surface area contributed by atoms with Crippen molar-refractivity contribution in [2.75, 3.05) is 17.7 Å². The molecule has 0 spiro atoms. The van der Waals surface area contributed by atoms with Crippen LogP contribution in [-0.2, 0) is 6.54 Å². The minimum Gasteiger partial charge on any atom is -0.467 e. The van der Waals surface area contributed by atoms with Crippen molar-refractivity contribution in [2.24, 2.45) is 0 Å². The predicted octanol–water partition coefficient (Wildman–Crippen LogP) is 1.76. The number of nitrogens with two attached hydrogens (primary N) is 1. The fourth-order valence-electron chi connectivity index (χ4n) is 1.58. The summed E-state index contributed by atoms with van der Waals surface area (Å²) in [6, 6.07) is 7.33. The lowest BCUT2D eigenvalue weighted by Crippen LogP contribution is -2.19. The van der Waals surface area contributed by atoms with Crippen LogP contribution >= 0.6 is 0 Å². The maximum atomic E-state index is 8.89. The Hall–Kier alpha value is -2.48. The predicted molar refractivity (Wildman–Crippen MR) is 64.2 cm³/mol. The van der Waals surface area contributed by atoms with Crippen LogP contribution in [0, 0.1) is 11.3 Å². The molecule has 0 aromatic carbocycles. The van der Waals surface area contributed by atoms with E-state index < -0.39 is 0 Å². The van der Waals surface area contributed by atoms with Crippen LogP contribution < -0.4 is 10.6 Å². The van der Waals surface area contributed by atoms with Gasteiger partial charge in [0.2, 0.25) is 0 Å². The topological polar surface area (TPSA) is 79.1 Å². The van der Waals surface area contributed by atoms with Crippen LogP contribution in [0.15, 0.2) is 35.1 Å². The Balaban J connectivity index is 2.25. The first kappa shape index (κ1) is 11.0. The van der Waals surface area contributed by atoms with Crippen molar-refractivity contribution in [3.8, 4) is 6.07 Å². The van der Waals surface area contributed by atoms with Crippen LogP contribution in [0.3, 0.4) is 0 Å². The standard InChI is InChI=1S/C12H12N4O/c1-16(8-10-3-2-6-17-10)12-11(14)9(7-13)4-5-15-12/h2-6H,8,14H2,1H3. The number of nitriles is 1. The van der Waals surface area contributed by atoms with Gasteiger partial charge in [-0.15, -0.1) is 0 Å². The first-order valence-electron chi connectivity index (χ1n) is 5.10. The van der Waals surface area contributed by atoms with E-state index in [-0.39, 0.29) is 0 Å². The number of aromatic nitrogens is 1. The van der Waals surface area contributed by atoms with Gasteiger partial charge in [0, 0.05) is 13.2 Å². The third-order valence-electron chi connectivity index (χ3n) is 2.42. The first-order chi connectivity index (χ1) is 8.22. The molecule has 5 heteroatoms. The number of nitrogen functional groups attached to an aromatic ring is 1. The van der Waals surface area contributed by atoms with Gasteiger partial charge in [-0.1, -0.05) is 0 Å². The third-order valence-corrected chi connectivity index (χ3v) is 2.42. The molecule has 0 saturated heterocycles. The lowest BCUT2D eigenvalue weighted by molar-refractivity contribution is 0.507. The van der Waals surface area contributed by atoms with Gasteiger partial charge in [-0.2, -0.15) is 5.26 Å². The maximum Gasteiger partial charge on any atom is 0.153 e. The van der Waals surface area contributed by atoms with E-state index in [9.17, 15) is 0 Å². The fraction of sp³-hybridized carbons (Fsp3) is 0.167. The second-order valence-corrected chi connectivity index (χ2v) is 3.64. The van der Waals surface area contributed by atoms with E-state index >= 15 is 0 Å². The van der Waals surface area contributed by atoms with Crippen LogP contribution in [0.5, 0.6) is 0 Å². The summed E-state index contributed by atoms with van der Waals surface area (Å²) >= 11 is 0. The second-order valence-electron chi connectivity index (χ2n) is 3.64. The molecule has 0 unspecified atom stereocenters. The van der Waals surface area contributed by atoms with Crippen molar-refractivity contribution in [3.63, 3.8) is 0 Å². The molecule has 2 aromatic heterocycles. The van der Waals surface area contributed by atoms with E-state index in [1.54, 1.807) is 18.5 Å². The number of hydrogen-bond acceptors (Lipinski definition) is 5.